The van der Waals surface area contributed by atoms with E-state index in [0.29, 0.717) is 6.04 Å². The predicted molar refractivity (Wildman–Crippen MR) is 65.5 cm³/mol. The molecule has 2 aliphatic carbocycles. The van der Waals surface area contributed by atoms with Crippen molar-refractivity contribution in [1.82, 2.24) is 0 Å². The van der Waals surface area contributed by atoms with Gasteiger partial charge < -0.3 is 5.73 Å². The highest BCUT2D eigenvalue weighted by Crippen LogP contribution is 2.33. The van der Waals surface area contributed by atoms with Crippen LogP contribution in [0.3, 0.4) is 0 Å². The molecule has 2 aliphatic rings. The Morgan fingerprint density at radius 3 is 2.33 bits per heavy atom. The van der Waals surface area contributed by atoms with E-state index in [1.54, 1.807) is 0 Å². The molecule has 1 atom stereocenters. The van der Waals surface area contributed by atoms with Crippen LogP contribution in [0.1, 0.15) is 70.6 Å². The topological polar surface area (TPSA) is 26.0 Å². The summed E-state index contributed by atoms with van der Waals surface area (Å²) in [5.41, 5.74) is 6.28. The molecule has 0 aromatic rings. The highest BCUT2D eigenvalue weighted by molar-refractivity contribution is 4.93. The molecule has 2 saturated carbocycles. The van der Waals surface area contributed by atoms with Crippen LogP contribution < -0.4 is 5.73 Å². The lowest BCUT2D eigenvalue weighted by Gasteiger charge is -2.24. The molecule has 0 amide bonds. The maximum Gasteiger partial charge on any atom is 0.00673 e. The summed E-state index contributed by atoms with van der Waals surface area (Å²) in [6.07, 6.45) is 15.4. The molecular formula is C14H26N. The van der Waals surface area contributed by atoms with Gasteiger partial charge in [-0.2, -0.15) is 0 Å². The lowest BCUT2D eigenvalue weighted by molar-refractivity contribution is 0.389. The van der Waals surface area contributed by atoms with Gasteiger partial charge in [0.1, 0.15) is 0 Å². The first kappa shape index (κ1) is 11.4. The molecule has 0 spiro atoms. The molecule has 0 bridgehead atoms. The highest BCUT2D eigenvalue weighted by atomic mass is 14.7. The summed E-state index contributed by atoms with van der Waals surface area (Å²) >= 11 is 0. The van der Waals surface area contributed by atoms with Crippen LogP contribution in [0.25, 0.3) is 0 Å². The van der Waals surface area contributed by atoms with Gasteiger partial charge in [0.05, 0.1) is 0 Å². The fourth-order valence-electron chi connectivity index (χ4n) is 3.29. The van der Waals surface area contributed by atoms with Gasteiger partial charge in [0.15, 0.2) is 0 Å². The Morgan fingerprint density at radius 1 is 1.00 bits per heavy atom. The summed E-state index contributed by atoms with van der Waals surface area (Å²) in [7, 11) is 0. The fraction of sp³-hybridized carbons (Fsp3) is 0.929. The molecule has 2 fully saturated rings. The van der Waals surface area contributed by atoms with Crippen molar-refractivity contribution in [3.8, 4) is 0 Å². The molecule has 0 aliphatic heterocycles. The highest BCUT2D eigenvalue weighted by Gasteiger charge is 2.23. The standard InChI is InChI=1S/C14H26N/c15-14(13-8-4-5-9-13)11-10-12-6-2-1-3-7-12/h13-14H,1-11,15H2. The number of hydrogen-bond acceptors (Lipinski definition) is 1. The third-order valence-electron chi connectivity index (χ3n) is 4.40. The van der Waals surface area contributed by atoms with Crippen molar-refractivity contribution in [3.05, 3.63) is 5.92 Å². The number of rotatable bonds is 4. The maximum absolute atomic E-state index is 6.28. The molecule has 2 N–H and O–H groups in total. The van der Waals surface area contributed by atoms with Crippen LogP contribution in [0.4, 0.5) is 0 Å². The van der Waals surface area contributed by atoms with Crippen molar-refractivity contribution in [2.45, 2.75) is 76.7 Å². The van der Waals surface area contributed by atoms with Gasteiger partial charge in [0.2, 0.25) is 0 Å². The molecular weight excluding hydrogens is 182 g/mol. The number of hydrogen-bond donors (Lipinski definition) is 1. The smallest absolute Gasteiger partial charge is 0.00673 e. The van der Waals surface area contributed by atoms with E-state index in [-0.39, 0.29) is 0 Å². The van der Waals surface area contributed by atoms with Crippen molar-refractivity contribution >= 4 is 0 Å². The first-order valence-corrected chi connectivity index (χ1v) is 6.95. The summed E-state index contributed by atoms with van der Waals surface area (Å²) in [6.45, 7) is 0. The van der Waals surface area contributed by atoms with Crippen LogP contribution in [-0.2, 0) is 0 Å². The third-order valence-corrected chi connectivity index (χ3v) is 4.40. The van der Waals surface area contributed by atoms with Gasteiger partial charge in [0.25, 0.3) is 0 Å². The molecule has 0 aromatic heterocycles. The lowest BCUT2D eigenvalue weighted by atomic mass is 9.83. The van der Waals surface area contributed by atoms with Crippen LogP contribution in [-0.4, -0.2) is 6.04 Å². The average Bonchev–Trinajstić information content (AvgIpc) is 2.81. The van der Waals surface area contributed by atoms with Crippen molar-refractivity contribution in [2.24, 2.45) is 11.7 Å². The summed E-state index contributed by atoms with van der Waals surface area (Å²) < 4.78 is 0. The lowest BCUT2D eigenvalue weighted by Crippen LogP contribution is -2.28. The average molecular weight is 208 g/mol. The Labute approximate surface area is 94.8 Å². The summed E-state index contributed by atoms with van der Waals surface area (Å²) in [5.74, 6) is 2.67. The molecule has 1 heteroatoms. The molecule has 1 nitrogen and oxygen atoms in total. The monoisotopic (exact) mass is 208 g/mol. The molecule has 0 saturated heterocycles. The van der Waals surface area contributed by atoms with Crippen molar-refractivity contribution < 1.29 is 0 Å². The molecule has 87 valence electrons. The van der Waals surface area contributed by atoms with Gasteiger partial charge in [-0.15, -0.1) is 0 Å². The van der Waals surface area contributed by atoms with Gasteiger partial charge in [0, 0.05) is 6.04 Å². The Bertz CT molecular complexity index is 166. The molecule has 1 unspecified atom stereocenters. The van der Waals surface area contributed by atoms with Gasteiger partial charge in [-0.1, -0.05) is 32.1 Å². The summed E-state index contributed by atoms with van der Waals surface area (Å²) in [4.78, 5) is 0. The Morgan fingerprint density at radius 2 is 1.67 bits per heavy atom. The zero-order valence-corrected chi connectivity index (χ0v) is 10.0. The van der Waals surface area contributed by atoms with E-state index < -0.39 is 0 Å². The second-order valence-corrected chi connectivity index (χ2v) is 5.56. The minimum atomic E-state index is 0.502. The molecule has 2 rings (SSSR count). The minimum absolute atomic E-state index is 0.502. The van der Waals surface area contributed by atoms with Crippen LogP contribution in [0, 0.1) is 11.8 Å². The predicted octanol–water partition coefficient (Wildman–Crippen LogP) is 3.82. The van der Waals surface area contributed by atoms with Gasteiger partial charge in [-0.3, -0.25) is 0 Å². The van der Waals surface area contributed by atoms with Crippen molar-refractivity contribution in [3.63, 3.8) is 0 Å². The fourth-order valence-corrected chi connectivity index (χ4v) is 3.29. The van der Waals surface area contributed by atoms with E-state index in [1.807, 2.05) is 5.92 Å². The molecule has 0 aromatic carbocycles. The van der Waals surface area contributed by atoms with Crippen LogP contribution >= 0.6 is 0 Å². The van der Waals surface area contributed by atoms with Crippen molar-refractivity contribution in [2.75, 3.05) is 0 Å². The van der Waals surface area contributed by atoms with E-state index in [0.717, 1.165) is 5.92 Å². The first-order valence-electron chi connectivity index (χ1n) is 6.95. The molecule has 1 radical (unpaired) electrons. The third kappa shape index (κ3) is 3.48. The van der Waals surface area contributed by atoms with Gasteiger partial charge in [-0.25, -0.2) is 0 Å². The Kier molecular flexibility index (Phi) is 4.49. The van der Waals surface area contributed by atoms with E-state index in [2.05, 4.69) is 0 Å². The first-order chi connectivity index (χ1) is 7.36. The molecule has 0 heterocycles. The maximum atomic E-state index is 6.28. The van der Waals surface area contributed by atoms with E-state index >= 15 is 0 Å². The van der Waals surface area contributed by atoms with E-state index in [9.17, 15) is 0 Å². The normalized spacial score (nSPS) is 27.0. The molecule has 15 heavy (non-hydrogen) atoms. The Balaban J connectivity index is 1.63. The van der Waals surface area contributed by atoms with Gasteiger partial charge in [-0.05, 0) is 50.4 Å². The van der Waals surface area contributed by atoms with Crippen LogP contribution in [0.2, 0.25) is 0 Å². The zero-order valence-electron chi connectivity index (χ0n) is 10.0. The quantitative estimate of drug-likeness (QED) is 0.746. The Hall–Kier alpha value is -0.0400. The SMILES string of the molecule is NC(CC[C]1CCCCC1)C1CCCC1. The zero-order chi connectivity index (χ0) is 10.5. The van der Waals surface area contributed by atoms with E-state index in [1.165, 1.54) is 70.6 Å². The van der Waals surface area contributed by atoms with Crippen LogP contribution in [0.15, 0.2) is 0 Å². The minimum Gasteiger partial charge on any atom is -0.327 e. The second kappa shape index (κ2) is 5.89. The summed E-state index contributed by atoms with van der Waals surface area (Å²) in [5, 5.41) is 0. The van der Waals surface area contributed by atoms with Gasteiger partial charge >= 0.3 is 0 Å². The second-order valence-electron chi connectivity index (χ2n) is 5.56. The number of nitrogens with two attached hydrogens (primary N) is 1. The van der Waals surface area contributed by atoms with Crippen LogP contribution in [0.5, 0.6) is 0 Å². The summed E-state index contributed by atoms with van der Waals surface area (Å²) in [6, 6.07) is 0.502. The largest absolute Gasteiger partial charge is 0.327 e. The van der Waals surface area contributed by atoms with Crippen molar-refractivity contribution in [1.29, 1.82) is 0 Å². The van der Waals surface area contributed by atoms with E-state index in [4.69, 9.17) is 5.73 Å².